The highest BCUT2D eigenvalue weighted by molar-refractivity contribution is 9.10. The van der Waals surface area contributed by atoms with Gasteiger partial charge in [0.15, 0.2) is 6.17 Å². The minimum absolute atomic E-state index is 0.234. The molecule has 0 aromatic heterocycles. The number of anilines is 1. The van der Waals surface area contributed by atoms with E-state index < -0.39 is 18.1 Å². The molecule has 158 valence electrons. The summed E-state index contributed by atoms with van der Waals surface area (Å²) in [5, 5.41) is 5.50. The van der Waals surface area contributed by atoms with Crippen LogP contribution in [-0.4, -0.2) is 60.0 Å². The van der Waals surface area contributed by atoms with Gasteiger partial charge in [-0.05, 0) is 42.8 Å². The Morgan fingerprint density at radius 2 is 1.83 bits per heavy atom. The first-order valence-electron chi connectivity index (χ1n) is 9.59. The molecule has 3 rings (SSSR count). The minimum Gasteiger partial charge on any atom is -0.351 e. The topological polar surface area (TPSA) is 108 Å². The molecule has 2 aromatic carbocycles. The van der Waals surface area contributed by atoms with Crippen LogP contribution in [-0.2, 0) is 4.79 Å². The quantitative estimate of drug-likeness (QED) is 0.617. The Bertz CT molecular complexity index is 952. The number of rotatable bonds is 5. The SMILES string of the molecule is Cc1cccc(NC(=O)N2CCN(C(=O)c3cccc(Br)c3)C2C(=O)NCCN)c1. The Hall–Kier alpha value is -2.91. The third kappa shape index (κ3) is 4.98. The van der Waals surface area contributed by atoms with Crippen molar-refractivity contribution in [2.75, 3.05) is 31.5 Å². The first kappa shape index (κ1) is 21.8. The fraction of sp³-hybridized carbons (Fsp3) is 0.286. The van der Waals surface area contributed by atoms with E-state index in [1.54, 1.807) is 24.3 Å². The Balaban J connectivity index is 1.84. The number of hydrogen-bond donors (Lipinski definition) is 3. The number of benzene rings is 2. The van der Waals surface area contributed by atoms with Crippen molar-refractivity contribution in [2.24, 2.45) is 5.73 Å². The largest absolute Gasteiger partial charge is 0.351 e. The van der Waals surface area contributed by atoms with Gasteiger partial charge in [0.2, 0.25) is 0 Å². The number of halogens is 1. The molecule has 1 heterocycles. The normalized spacial score (nSPS) is 15.8. The molecule has 4 amide bonds. The molecule has 1 saturated heterocycles. The number of urea groups is 1. The van der Waals surface area contributed by atoms with Crippen LogP contribution in [0.4, 0.5) is 10.5 Å². The van der Waals surface area contributed by atoms with Crippen LogP contribution in [0.5, 0.6) is 0 Å². The molecule has 0 spiro atoms. The van der Waals surface area contributed by atoms with Gasteiger partial charge in [0.05, 0.1) is 0 Å². The maximum absolute atomic E-state index is 13.1. The van der Waals surface area contributed by atoms with E-state index >= 15 is 0 Å². The molecule has 2 aromatic rings. The Kier molecular flexibility index (Phi) is 7.07. The van der Waals surface area contributed by atoms with E-state index in [4.69, 9.17) is 5.73 Å². The molecule has 0 bridgehead atoms. The number of nitrogens with two attached hydrogens (primary N) is 1. The van der Waals surface area contributed by atoms with E-state index in [0.717, 1.165) is 10.0 Å². The standard InChI is InChI=1S/C21H24BrN5O3/c1-14-4-2-7-17(12-14)25-21(30)27-11-10-26(19(27)18(28)24-9-8-23)20(29)15-5-3-6-16(22)13-15/h2-7,12-13,19H,8-11,23H2,1H3,(H,24,28)(H,25,30). The number of nitrogens with one attached hydrogen (secondary N) is 2. The van der Waals surface area contributed by atoms with Crippen molar-refractivity contribution in [1.29, 1.82) is 0 Å². The molecule has 9 heteroatoms. The van der Waals surface area contributed by atoms with Crippen molar-refractivity contribution in [3.05, 3.63) is 64.1 Å². The number of aryl methyl sites for hydroxylation is 1. The highest BCUT2D eigenvalue weighted by Crippen LogP contribution is 2.22. The van der Waals surface area contributed by atoms with Gasteiger partial charge in [-0.25, -0.2) is 4.79 Å². The fourth-order valence-corrected chi connectivity index (χ4v) is 3.73. The van der Waals surface area contributed by atoms with Gasteiger partial charge in [0.25, 0.3) is 11.8 Å². The molecule has 0 radical (unpaired) electrons. The van der Waals surface area contributed by atoms with Crippen LogP contribution in [0.1, 0.15) is 15.9 Å². The summed E-state index contributed by atoms with van der Waals surface area (Å²) in [5.74, 6) is -0.768. The molecule has 1 aliphatic heterocycles. The van der Waals surface area contributed by atoms with E-state index in [9.17, 15) is 14.4 Å². The van der Waals surface area contributed by atoms with Crippen molar-refractivity contribution in [3.8, 4) is 0 Å². The molecule has 30 heavy (non-hydrogen) atoms. The summed E-state index contributed by atoms with van der Waals surface area (Å²) in [4.78, 5) is 41.7. The minimum atomic E-state index is -1.06. The molecule has 0 aliphatic carbocycles. The maximum Gasteiger partial charge on any atom is 0.323 e. The van der Waals surface area contributed by atoms with Gasteiger partial charge in [-0.3, -0.25) is 14.5 Å². The zero-order chi connectivity index (χ0) is 21.7. The summed E-state index contributed by atoms with van der Waals surface area (Å²) >= 11 is 3.36. The van der Waals surface area contributed by atoms with Crippen LogP contribution >= 0.6 is 15.9 Å². The summed E-state index contributed by atoms with van der Waals surface area (Å²) in [6, 6.07) is 13.8. The van der Waals surface area contributed by atoms with Gasteiger partial charge in [-0.2, -0.15) is 0 Å². The molecule has 1 fully saturated rings. The average Bonchev–Trinajstić information content (AvgIpc) is 3.17. The van der Waals surface area contributed by atoms with Gasteiger partial charge in [-0.15, -0.1) is 0 Å². The van der Waals surface area contributed by atoms with Gasteiger partial charge >= 0.3 is 6.03 Å². The lowest BCUT2D eigenvalue weighted by Crippen LogP contribution is -2.55. The van der Waals surface area contributed by atoms with E-state index in [2.05, 4.69) is 26.6 Å². The second-order valence-electron chi connectivity index (χ2n) is 6.96. The van der Waals surface area contributed by atoms with Crippen LogP contribution in [0, 0.1) is 6.92 Å². The molecular formula is C21H24BrN5O3. The van der Waals surface area contributed by atoms with Crippen LogP contribution in [0.3, 0.4) is 0 Å². The molecule has 1 aliphatic rings. The summed E-state index contributed by atoms with van der Waals surface area (Å²) in [6.45, 7) is 2.91. The van der Waals surface area contributed by atoms with Crippen molar-refractivity contribution >= 4 is 39.5 Å². The molecule has 8 nitrogen and oxygen atoms in total. The summed E-state index contributed by atoms with van der Waals surface area (Å²) in [5.41, 5.74) is 7.55. The summed E-state index contributed by atoms with van der Waals surface area (Å²) in [6.07, 6.45) is -1.06. The third-order valence-corrected chi connectivity index (χ3v) is 5.21. The Labute approximate surface area is 183 Å². The second-order valence-corrected chi connectivity index (χ2v) is 7.87. The van der Waals surface area contributed by atoms with Crippen molar-refractivity contribution in [1.82, 2.24) is 15.1 Å². The van der Waals surface area contributed by atoms with Gasteiger partial charge in [-0.1, -0.05) is 34.1 Å². The lowest BCUT2D eigenvalue weighted by molar-refractivity contribution is -0.127. The number of nitrogens with zero attached hydrogens (tertiary/aromatic N) is 2. The van der Waals surface area contributed by atoms with Crippen molar-refractivity contribution in [3.63, 3.8) is 0 Å². The zero-order valence-electron chi connectivity index (χ0n) is 16.6. The molecular weight excluding hydrogens is 450 g/mol. The van der Waals surface area contributed by atoms with Crippen LogP contribution in [0.2, 0.25) is 0 Å². The van der Waals surface area contributed by atoms with Crippen molar-refractivity contribution < 1.29 is 14.4 Å². The maximum atomic E-state index is 13.1. The van der Waals surface area contributed by atoms with E-state index in [1.807, 2.05) is 31.2 Å². The highest BCUT2D eigenvalue weighted by Gasteiger charge is 2.42. The van der Waals surface area contributed by atoms with E-state index in [-0.39, 0.29) is 32.1 Å². The second kappa shape index (κ2) is 9.73. The van der Waals surface area contributed by atoms with Gasteiger partial charge in [0.1, 0.15) is 0 Å². The van der Waals surface area contributed by atoms with Crippen LogP contribution < -0.4 is 16.4 Å². The van der Waals surface area contributed by atoms with E-state index in [1.165, 1.54) is 9.80 Å². The van der Waals surface area contributed by atoms with Crippen LogP contribution in [0.15, 0.2) is 53.0 Å². The van der Waals surface area contributed by atoms with Gasteiger partial charge < -0.3 is 21.3 Å². The number of carbonyl (C=O) groups excluding carboxylic acids is 3. The summed E-state index contributed by atoms with van der Waals surface area (Å²) < 4.78 is 0.755. The summed E-state index contributed by atoms with van der Waals surface area (Å²) in [7, 11) is 0. The monoisotopic (exact) mass is 473 g/mol. The first-order chi connectivity index (χ1) is 14.4. The van der Waals surface area contributed by atoms with E-state index in [0.29, 0.717) is 11.3 Å². The predicted octanol–water partition coefficient (Wildman–Crippen LogP) is 2.15. The predicted molar refractivity (Wildman–Crippen MR) is 118 cm³/mol. The molecule has 0 saturated carbocycles. The van der Waals surface area contributed by atoms with Gasteiger partial charge in [0, 0.05) is 41.9 Å². The lowest BCUT2D eigenvalue weighted by atomic mass is 10.2. The highest BCUT2D eigenvalue weighted by atomic mass is 79.9. The Morgan fingerprint density at radius 1 is 1.10 bits per heavy atom. The van der Waals surface area contributed by atoms with Crippen molar-refractivity contribution in [2.45, 2.75) is 13.1 Å². The first-order valence-corrected chi connectivity index (χ1v) is 10.4. The molecule has 1 unspecified atom stereocenters. The smallest absolute Gasteiger partial charge is 0.323 e. The molecule has 4 N–H and O–H groups in total. The molecule has 1 atom stereocenters. The number of hydrogen-bond acceptors (Lipinski definition) is 4. The fourth-order valence-electron chi connectivity index (χ4n) is 3.33. The number of amides is 4. The number of carbonyl (C=O) groups is 3. The Morgan fingerprint density at radius 3 is 2.53 bits per heavy atom. The lowest BCUT2D eigenvalue weighted by Gasteiger charge is -2.29. The third-order valence-electron chi connectivity index (χ3n) is 4.71. The zero-order valence-corrected chi connectivity index (χ0v) is 18.2. The average molecular weight is 474 g/mol. The van der Waals surface area contributed by atoms with Crippen LogP contribution in [0.25, 0.3) is 0 Å².